The minimum absolute atomic E-state index is 0.0258. The summed E-state index contributed by atoms with van der Waals surface area (Å²) < 4.78 is 95.1. The fraction of sp³-hybridized carbons (Fsp3) is 0.600. The number of nitrogens with zero attached hydrogens (tertiary/aromatic N) is 3. The summed E-state index contributed by atoms with van der Waals surface area (Å²) in [7, 11) is 1.34. The second-order valence-electron chi connectivity index (χ2n) is 12.5. The van der Waals surface area contributed by atoms with Crippen LogP contribution in [-0.2, 0) is 17.1 Å². The summed E-state index contributed by atoms with van der Waals surface area (Å²) in [6, 6.07) is -0.835. The molecule has 2 aliphatic heterocycles. The number of carbonyl (C=O) groups excluding carboxylic acids is 1. The van der Waals surface area contributed by atoms with Crippen molar-refractivity contribution in [2.45, 2.75) is 70.0 Å². The zero-order valence-corrected chi connectivity index (χ0v) is 24.0. The van der Waals surface area contributed by atoms with Crippen molar-refractivity contribution in [2.24, 2.45) is 17.3 Å². The Hall–Kier alpha value is -3.09. The molecule has 1 aromatic rings. The first-order valence-electron chi connectivity index (χ1n) is 14.3. The minimum atomic E-state index is -5.02. The van der Waals surface area contributed by atoms with Crippen LogP contribution < -0.4 is 0 Å². The van der Waals surface area contributed by atoms with E-state index in [9.17, 15) is 45.4 Å². The topological polar surface area (TPSA) is 64.1 Å². The Labute approximate surface area is 244 Å². The Morgan fingerprint density at radius 1 is 1.09 bits per heavy atom. The van der Waals surface area contributed by atoms with Gasteiger partial charge in [-0.25, -0.2) is 9.18 Å². The number of hydrogen-bond acceptors (Lipinski definition) is 3. The Balaban J connectivity index is 1.40. The van der Waals surface area contributed by atoms with Crippen molar-refractivity contribution in [3.63, 3.8) is 0 Å². The summed E-state index contributed by atoms with van der Waals surface area (Å²) in [5, 5.41) is 9.73. The van der Waals surface area contributed by atoms with E-state index in [4.69, 9.17) is 0 Å². The number of carbonyl (C=O) groups is 2. The fourth-order valence-electron chi connectivity index (χ4n) is 7.14. The Morgan fingerprint density at radius 3 is 2.26 bits per heavy atom. The second kappa shape index (κ2) is 10.8. The number of benzene rings is 1. The van der Waals surface area contributed by atoms with Crippen molar-refractivity contribution < 1.29 is 45.4 Å². The molecule has 6 atom stereocenters. The molecule has 236 valence electrons. The van der Waals surface area contributed by atoms with Gasteiger partial charge in [-0.15, -0.1) is 0 Å². The molecule has 5 rings (SSSR count). The molecule has 13 heteroatoms. The van der Waals surface area contributed by atoms with Crippen molar-refractivity contribution in [1.82, 2.24) is 14.7 Å². The van der Waals surface area contributed by atoms with Gasteiger partial charge in [-0.2, -0.15) is 26.3 Å². The molecule has 3 fully saturated rings. The van der Waals surface area contributed by atoms with E-state index in [1.165, 1.54) is 26.1 Å². The van der Waals surface area contributed by atoms with Gasteiger partial charge in [0.2, 0.25) is 0 Å². The molecule has 0 bridgehead atoms. The molecule has 6 nitrogen and oxygen atoms in total. The van der Waals surface area contributed by atoms with E-state index in [2.05, 4.69) is 4.90 Å². The second-order valence-corrected chi connectivity index (χ2v) is 12.5. The average Bonchev–Trinajstić information content (AvgIpc) is 3.51. The van der Waals surface area contributed by atoms with Gasteiger partial charge in [0.15, 0.2) is 0 Å². The molecule has 2 aliphatic carbocycles. The predicted octanol–water partition coefficient (Wildman–Crippen LogP) is 6.90. The smallest absolute Gasteiger partial charge is 0.416 e. The number of fused-ring (bicyclic) bond motifs is 1. The van der Waals surface area contributed by atoms with E-state index in [-0.39, 0.29) is 36.1 Å². The number of alkyl halides is 6. The first-order valence-corrected chi connectivity index (χ1v) is 14.3. The van der Waals surface area contributed by atoms with Crippen LogP contribution in [0.3, 0.4) is 0 Å². The summed E-state index contributed by atoms with van der Waals surface area (Å²) >= 11 is 0. The van der Waals surface area contributed by atoms with E-state index >= 15 is 0 Å². The predicted molar refractivity (Wildman–Crippen MR) is 142 cm³/mol. The summed E-state index contributed by atoms with van der Waals surface area (Å²) in [6.07, 6.45) is -5.25. The molecule has 1 saturated carbocycles. The highest BCUT2D eigenvalue weighted by atomic mass is 19.4. The normalized spacial score (nSPS) is 30.3. The van der Waals surface area contributed by atoms with Crippen LogP contribution in [-0.4, -0.2) is 70.6 Å². The van der Waals surface area contributed by atoms with Gasteiger partial charge in [-0.05, 0) is 81.4 Å². The van der Waals surface area contributed by atoms with Gasteiger partial charge in [0.05, 0.1) is 22.6 Å². The van der Waals surface area contributed by atoms with Crippen LogP contribution >= 0.6 is 0 Å². The largest absolute Gasteiger partial charge is 0.481 e. The molecule has 2 saturated heterocycles. The fourth-order valence-corrected chi connectivity index (χ4v) is 7.14. The SMILES string of the molecule is CC1=CC(F)=CCC1C1CC(N2CC3CC3(C(=O)O)C2)CCN1C(=O)N(C)C(C)c1cc(C(F)(F)F)cc(C(F)(F)F)c1. The minimum Gasteiger partial charge on any atom is -0.481 e. The summed E-state index contributed by atoms with van der Waals surface area (Å²) in [5.74, 6) is -1.38. The molecule has 0 aromatic heterocycles. The van der Waals surface area contributed by atoms with E-state index in [1.807, 2.05) is 0 Å². The van der Waals surface area contributed by atoms with Gasteiger partial charge < -0.3 is 14.9 Å². The van der Waals surface area contributed by atoms with Crippen LogP contribution in [0, 0.1) is 17.3 Å². The molecule has 1 aromatic carbocycles. The Morgan fingerprint density at radius 2 is 1.72 bits per heavy atom. The molecule has 0 spiro atoms. The zero-order chi connectivity index (χ0) is 31.6. The van der Waals surface area contributed by atoms with Gasteiger partial charge in [-0.1, -0.05) is 5.57 Å². The maximum atomic E-state index is 14.0. The van der Waals surface area contributed by atoms with Gasteiger partial charge >= 0.3 is 24.4 Å². The van der Waals surface area contributed by atoms with Crippen molar-refractivity contribution in [3.8, 4) is 0 Å². The van der Waals surface area contributed by atoms with E-state index in [1.54, 1.807) is 11.8 Å². The van der Waals surface area contributed by atoms with Gasteiger partial charge in [0, 0.05) is 44.7 Å². The maximum Gasteiger partial charge on any atom is 0.416 e. The number of halogens is 7. The summed E-state index contributed by atoms with van der Waals surface area (Å²) in [6.45, 7) is 4.45. The van der Waals surface area contributed by atoms with Crippen LogP contribution in [0.2, 0.25) is 0 Å². The maximum absolute atomic E-state index is 14.0. The quantitative estimate of drug-likeness (QED) is 0.366. The molecule has 4 aliphatic rings. The summed E-state index contributed by atoms with van der Waals surface area (Å²) in [4.78, 5) is 30.7. The molecule has 0 radical (unpaired) electrons. The van der Waals surface area contributed by atoms with E-state index in [0.717, 1.165) is 10.5 Å². The van der Waals surface area contributed by atoms with Crippen molar-refractivity contribution >= 4 is 12.0 Å². The number of amides is 2. The third-order valence-corrected chi connectivity index (χ3v) is 9.93. The molecular weight excluding hydrogens is 583 g/mol. The van der Waals surface area contributed by atoms with Crippen LogP contribution in [0.15, 0.2) is 41.8 Å². The lowest BCUT2D eigenvalue weighted by Crippen LogP contribution is -2.57. The molecule has 43 heavy (non-hydrogen) atoms. The van der Waals surface area contributed by atoms with Crippen LogP contribution in [0.1, 0.15) is 62.3 Å². The van der Waals surface area contributed by atoms with Crippen molar-refractivity contribution in [2.75, 3.05) is 26.7 Å². The van der Waals surface area contributed by atoms with Crippen molar-refractivity contribution in [3.05, 3.63) is 58.4 Å². The van der Waals surface area contributed by atoms with Gasteiger partial charge in [0.25, 0.3) is 0 Å². The van der Waals surface area contributed by atoms with E-state index < -0.39 is 58.8 Å². The Kier molecular flexibility index (Phi) is 7.88. The monoisotopic (exact) mass is 617 g/mol. The molecule has 1 N–H and O–H groups in total. The van der Waals surface area contributed by atoms with Crippen LogP contribution in [0.4, 0.5) is 35.5 Å². The number of aliphatic carboxylic acids is 1. The number of hydrogen-bond donors (Lipinski definition) is 1. The lowest BCUT2D eigenvalue weighted by molar-refractivity contribution is -0.144. The third-order valence-electron chi connectivity index (χ3n) is 9.93. The molecule has 2 heterocycles. The van der Waals surface area contributed by atoms with Gasteiger partial charge in [0.1, 0.15) is 5.83 Å². The first kappa shape index (κ1) is 31.3. The Bertz CT molecular complexity index is 1320. The highest BCUT2D eigenvalue weighted by Gasteiger charge is 2.66. The lowest BCUT2D eigenvalue weighted by atomic mass is 9.79. The third kappa shape index (κ3) is 5.88. The average molecular weight is 618 g/mol. The number of piperidine rings is 2. The lowest BCUT2D eigenvalue weighted by Gasteiger charge is -2.48. The van der Waals surface area contributed by atoms with Crippen LogP contribution in [0.5, 0.6) is 0 Å². The first-order chi connectivity index (χ1) is 19.9. The molecule has 6 unspecified atom stereocenters. The highest BCUT2D eigenvalue weighted by molar-refractivity contribution is 5.79. The number of urea groups is 1. The van der Waals surface area contributed by atoms with Crippen LogP contribution in [0.25, 0.3) is 0 Å². The summed E-state index contributed by atoms with van der Waals surface area (Å²) in [5.41, 5.74) is -3.23. The molecular formula is C30H34F7N3O3. The van der Waals surface area contributed by atoms with E-state index in [0.29, 0.717) is 50.9 Å². The number of rotatable bonds is 5. The number of likely N-dealkylation sites (tertiary alicyclic amines) is 2. The number of allylic oxidation sites excluding steroid dienone is 3. The standard InChI is InChI=1S/C30H34F7N3O3/c1-16-8-22(31)4-5-24(16)25-12-23(39-14-21-13-28(21,15-39)26(41)42)6-7-40(25)27(43)38(3)17(2)18-9-19(29(32,33)34)11-20(10-18)30(35,36)37/h4,8-11,17,21,23-25H,5-7,12-15H2,1-3H3,(H,41,42). The molecule has 2 amide bonds. The highest BCUT2D eigenvalue weighted by Crippen LogP contribution is 2.58. The number of carboxylic acid groups (broad SMARTS) is 1. The van der Waals surface area contributed by atoms with Gasteiger partial charge in [-0.3, -0.25) is 9.69 Å². The zero-order valence-electron chi connectivity index (χ0n) is 24.0. The van der Waals surface area contributed by atoms with Crippen molar-refractivity contribution in [1.29, 1.82) is 0 Å². The number of carboxylic acids is 1.